The number of hydrogen-bond acceptors (Lipinski definition) is 5. The highest BCUT2D eigenvalue weighted by molar-refractivity contribution is 5.45. The molecule has 3 rings (SSSR count). The smallest absolute Gasteiger partial charge is 0.162 e. The van der Waals surface area contributed by atoms with Crippen molar-refractivity contribution in [3.63, 3.8) is 0 Å². The zero-order valence-electron chi connectivity index (χ0n) is 14.7. The molecule has 0 spiro atoms. The van der Waals surface area contributed by atoms with Gasteiger partial charge in [-0.05, 0) is 38.3 Å². The number of aromatic hydroxyl groups is 1. The number of benzene rings is 1. The molecule has 1 aromatic carbocycles. The summed E-state index contributed by atoms with van der Waals surface area (Å²) >= 11 is 0. The second kappa shape index (κ2) is 7.26. The maximum atomic E-state index is 10.4. The number of phenolic OH excluding ortho intramolecular Hbond substituents is 1. The normalized spacial score (nSPS) is 18.4. The topological polar surface area (TPSA) is 58.7 Å². The minimum atomic E-state index is 0.222. The fourth-order valence-corrected chi connectivity index (χ4v) is 3.26. The molecule has 1 aliphatic heterocycles. The van der Waals surface area contributed by atoms with Crippen LogP contribution in [0.3, 0.4) is 0 Å². The van der Waals surface area contributed by atoms with Gasteiger partial charge >= 0.3 is 0 Å². The maximum Gasteiger partial charge on any atom is 0.162 e. The van der Waals surface area contributed by atoms with Crippen molar-refractivity contribution in [3.8, 4) is 11.5 Å². The van der Waals surface area contributed by atoms with Gasteiger partial charge in [0.05, 0.1) is 18.3 Å². The van der Waals surface area contributed by atoms with Crippen LogP contribution in [0, 0.1) is 0 Å². The Kier molecular flexibility index (Phi) is 5.09. The lowest BCUT2D eigenvalue weighted by molar-refractivity contribution is 0.203. The van der Waals surface area contributed by atoms with E-state index >= 15 is 0 Å². The molecule has 0 unspecified atom stereocenters. The molecule has 1 atom stereocenters. The van der Waals surface area contributed by atoms with E-state index in [0.717, 1.165) is 36.4 Å². The van der Waals surface area contributed by atoms with Crippen LogP contribution in [-0.2, 0) is 6.54 Å². The van der Waals surface area contributed by atoms with E-state index in [-0.39, 0.29) is 11.8 Å². The van der Waals surface area contributed by atoms with E-state index in [2.05, 4.69) is 30.0 Å². The highest BCUT2D eigenvalue weighted by Gasteiger charge is 2.30. The molecule has 24 heavy (non-hydrogen) atoms. The Balaban J connectivity index is 1.77. The van der Waals surface area contributed by atoms with Gasteiger partial charge in [-0.15, -0.1) is 0 Å². The van der Waals surface area contributed by atoms with Gasteiger partial charge in [-0.3, -0.25) is 4.90 Å². The molecule has 1 aromatic heterocycles. The van der Waals surface area contributed by atoms with E-state index in [4.69, 9.17) is 9.26 Å². The first-order valence-electron chi connectivity index (χ1n) is 8.74. The lowest BCUT2D eigenvalue weighted by Crippen LogP contribution is -2.22. The molecular formula is C19H26N2O3. The van der Waals surface area contributed by atoms with Gasteiger partial charge in [0.1, 0.15) is 0 Å². The Morgan fingerprint density at radius 2 is 2.25 bits per heavy atom. The van der Waals surface area contributed by atoms with E-state index in [0.29, 0.717) is 24.8 Å². The molecule has 0 radical (unpaired) electrons. The van der Waals surface area contributed by atoms with Crippen LogP contribution in [0.1, 0.15) is 62.6 Å². The summed E-state index contributed by atoms with van der Waals surface area (Å²) in [7, 11) is 0. The van der Waals surface area contributed by atoms with Crippen molar-refractivity contribution in [1.82, 2.24) is 10.1 Å². The molecular weight excluding hydrogens is 304 g/mol. The zero-order chi connectivity index (χ0) is 17.1. The van der Waals surface area contributed by atoms with E-state index in [1.54, 1.807) is 6.07 Å². The highest BCUT2D eigenvalue weighted by Crippen LogP contribution is 2.37. The number of para-hydroxylation sites is 1. The fourth-order valence-electron chi connectivity index (χ4n) is 3.26. The van der Waals surface area contributed by atoms with Crippen molar-refractivity contribution in [1.29, 1.82) is 0 Å². The summed E-state index contributed by atoms with van der Waals surface area (Å²) in [6.45, 7) is 8.35. The standard InChI is InChI=1S/C19H26N2O3/c1-4-23-17-9-5-7-14(19(17)22)12-21-10-6-8-16(21)18-11-15(13(2)3)20-24-18/h5,7,9,11,13,16,22H,4,6,8,10,12H2,1-3H3/t16-/m1/s1. The molecule has 130 valence electrons. The third-order valence-electron chi connectivity index (χ3n) is 4.59. The monoisotopic (exact) mass is 330 g/mol. The average Bonchev–Trinajstić information content (AvgIpc) is 3.20. The van der Waals surface area contributed by atoms with Gasteiger partial charge in [0.15, 0.2) is 17.3 Å². The van der Waals surface area contributed by atoms with Crippen molar-refractivity contribution in [2.45, 2.75) is 52.1 Å². The Hall–Kier alpha value is -2.01. The number of aromatic nitrogens is 1. The predicted molar refractivity (Wildman–Crippen MR) is 92.3 cm³/mol. The van der Waals surface area contributed by atoms with E-state index in [9.17, 15) is 5.11 Å². The lowest BCUT2D eigenvalue weighted by atomic mass is 10.1. The van der Waals surface area contributed by atoms with Crippen molar-refractivity contribution in [2.75, 3.05) is 13.2 Å². The molecule has 2 aromatic rings. The molecule has 1 aliphatic rings. The average molecular weight is 330 g/mol. The quantitative estimate of drug-likeness (QED) is 0.858. The Morgan fingerprint density at radius 3 is 2.96 bits per heavy atom. The van der Waals surface area contributed by atoms with Gasteiger partial charge in [-0.25, -0.2) is 0 Å². The second-order valence-corrected chi connectivity index (χ2v) is 6.63. The predicted octanol–water partition coefficient (Wildman–Crippen LogP) is 4.24. The van der Waals surface area contributed by atoms with Crippen LogP contribution in [0.2, 0.25) is 0 Å². The van der Waals surface area contributed by atoms with Crippen molar-refractivity contribution >= 4 is 0 Å². The summed E-state index contributed by atoms with van der Waals surface area (Å²) in [5.74, 6) is 2.08. The largest absolute Gasteiger partial charge is 0.504 e. The van der Waals surface area contributed by atoms with E-state index < -0.39 is 0 Å². The Labute approximate surface area is 143 Å². The van der Waals surface area contributed by atoms with E-state index in [1.165, 1.54) is 0 Å². The van der Waals surface area contributed by atoms with Gasteiger partial charge in [0.25, 0.3) is 0 Å². The van der Waals surface area contributed by atoms with Crippen LogP contribution in [-0.4, -0.2) is 28.3 Å². The van der Waals surface area contributed by atoms with Crippen LogP contribution in [0.25, 0.3) is 0 Å². The first-order valence-corrected chi connectivity index (χ1v) is 8.74. The van der Waals surface area contributed by atoms with Crippen molar-refractivity contribution < 1.29 is 14.4 Å². The van der Waals surface area contributed by atoms with Crippen molar-refractivity contribution in [3.05, 3.63) is 41.3 Å². The minimum Gasteiger partial charge on any atom is -0.504 e. The summed E-state index contributed by atoms with van der Waals surface area (Å²) < 4.78 is 11.1. The molecule has 0 aliphatic carbocycles. The van der Waals surface area contributed by atoms with Gasteiger partial charge in [0, 0.05) is 18.2 Å². The van der Waals surface area contributed by atoms with Crippen LogP contribution in [0.4, 0.5) is 0 Å². The van der Waals surface area contributed by atoms with Gasteiger partial charge in [0.2, 0.25) is 0 Å². The molecule has 2 heterocycles. The number of ether oxygens (including phenoxy) is 1. The third kappa shape index (κ3) is 3.41. The summed E-state index contributed by atoms with van der Waals surface area (Å²) in [6.07, 6.45) is 2.17. The second-order valence-electron chi connectivity index (χ2n) is 6.63. The molecule has 5 nitrogen and oxygen atoms in total. The summed E-state index contributed by atoms with van der Waals surface area (Å²) in [5, 5.41) is 14.6. The Bertz CT molecular complexity index is 681. The first-order chi connectivity index (χ1) is 11.6. The van der Waals surface area contributed by atoms with Crippen LogP contribution < -0.4 is 4.74 Å². The maximum absolute atomic E-state index is 10.4. The van der Waals surface area contributed by atoms with Crippen LogP contribution in [0.5, 0.6) is 11.5 Å². The van der Waals surface area contributed by atoms with Crippen LogP contribution >= 0.6 is 0 Å². The number of nitrogens with zero attached hydrogens (tertiary/aromatic N) is 2. The highest BCUT2D eigenvalue weighted by atomic mass is 16.5. The third-order valence-corrected chi connectivity index (χ3v) is 4.59. The molecule has 1 saturated heterocycles. The summed E-state index contributed by atoms with van der Waals surface area (Å²) in [4.78, 5) is 2.34. The van der Waals surface area contributed by atoms with Crippen LogP contribution in [0.15, 0.2) is 28.8 Å². The first kappa shape index (κ1) is 16.8. The van der Waals surface area contributed by atoms with E-state index in [1.807, 2.05) is 19.1 Å². The molecule has 1 fully saturated rings. The number of hydrogen-bond donors (Lipinski definition) is 1. The Morgan fingerprint density at radius 1 is 1.42 bits per heavy atom. The molecule has 0 bridgehead atoms. The van der Waals surface area contributed by atoms with Gasteiger partial charge in [-0.2, -0.15) is 0 Å². The summed E-state index contributed by atoms with van der Waals surface area (Å²) in [6, 6.07) is 7.98. The fraction of sp³-hybridized carbons (Fsp3) is 0.526. The lowest BCUT2D eigenvalue weighted by Gasteiger charge is -2.23. The van der Waals surface area contributed by atoms with Gasteiger partial charge < -0.3 is 14.4 Å². The minimum absolute atomic E-state index is 0.222. The summed E-state index contributed by atoms with van der Waals surface area (Å²) in [5.41, 5.74) is 1.88. The molecule has 5 heteroatoms. The molecule has 1 N–H and O–H groups in total. The number of phenols is 1. The van der Waals surface area contributed by atoms with Crippen molar-refractivity contribution in [2.24, 2.45) is 0 Å². The number of likely N-dealkylation sites (tertiary alicyclic amines) is 1. The molecule has 0 amide bonds. The molecule has 0 saturated carbocycles. The zero-order valence-corrected chi connectivity index (χ0v) is 14.7. The number of rotatable bonds is 6. The SMILES string of the molecule is CCOc1cccc(CN2CCC[C@@H]2c2cc(C(C)C)no2)c1O. The van der Waals surface area contributed by atoms with Gasteiger partial charge in [-0.1, -0.05) is 31.1 Å².